The Morgan fingerprint density at radius 3 is 2.71 bits per heavy atom. The van der Waals surface area contributed by atoms with Gasteiger partial charge < -0.3 is 14.7 Å². The summed E-state index contributed by atoms with van der Waals surface area (Å²) in [7, 11) is 0. The molecule has 110 valence electrons. The Kier molecular flexibility index (Phi) is 4.15. The van der Waals surface area contributed by atoms with Gasteiger partial charge in [-0.25, -0.2) is 4.79 Å². The third-order valence-electron chi connectivity index (χ3n) is 3.43. The number of amides is 2. The van der Waals surface area contributed by atoms with Gasteiger partial charge in [0.2, 0.25) is 0 Å². The molecule has 1 N–H and O–H groups in total. The fourth-order valence-corrected chi connectivity index (χ4v) is 3.16. The molecule has 0 radical (unpaired) electrons. The molecule has 0 saturated carbocycles. The van der Waals surface area contributed by atoms with E-state index in [4.69, 9.17) is 4.52 Å². The maximum Gasteiger partial charge on any atom is 0.322 e. The highest BCUT2D eigenvalue weighted by Gasteiger charge is 2.21. The number of nitrogens with one attached hydrogen (secondary N) is 1. The van der Waals surface area contributed by atoms with Crippen molar-refractivity contribution in [2.75, 3.05) is 29.9 Å². The van der Waals surface area contributed by atoms with Gasteiger partial charge in [-0.05, 0) is 6.92 Å². The van der Waals surface area contributed by atoms with Crippen molar-refractivity contribution in [2.45, 2.75) is 6.92 Å². The number of anilines is 1. The molecule has 2 heterocycles. The van der Waals surface area contributed by atoms with Gasteiger partial charge in [0, 0.05) is 30.2 Å². The maximum atomic E-state index is 12.3. The number of urea groups is 1. The van der Waals surface area contributed by atoms with E-state index in [1.807, 2.05) is 53.9 Å². The van der Waals surface area contributed by atoms with Gasteiger partial charge in [0.05, 0.1) is 0 Å². The van der Waals surface area contributed by atoms with E-state index in [0.717, 1.165) is 30.2 Å². The van der Waals surface area contributed by atoms with E-state index >= 15 is 0 Å². The van der Waals surface area contributed by atoms with Crippen molar-refractivity contribution in [1.29, 1.82) is 0 Å². The summed E-state index contributed by atoms with van der Waals surface area (Å²) < 4.78 is 5.38. The summed E-state index contributed by atoms with van der Waals surface area (Å²) in [5.74, 6) is 2.58. The van der Waals surface area contributed by atoms with E-state index in [0.29, 0.717) is 17.1 Å². The minimum absolute atomic E-state index is 0.0845. The molecule has 1 aromatic carbocycles. The van der Waals surface area contributed by atoms with Crippen molar-refractivity contribution in [3.05, 3.63) is 36.0 Å². The zero-order valence-corrected chi connectivity index (χ0v) is 12.7. The second kappa shape index (κ2) is 6.22. The number of aryl methyl sites for hydroxylation is 1. The van der Waals surface area contributed by atoms with Crippen LogP contribution in [-0.2, 0) is 0 Å². The van der Waals surface area contributed by atoms with Gasteiger partial charge in [0.25, 0.3) is 0 Å². The highest BCUT2D eigenvalue weighted by atomic mass is 32.2. The maximum absolute atomic E-state index is 12.3. The van der Waals surface area contributed by atoms with Crippen molar-refractivity contribution in [3.63, 3.8) is 0 Å². The fourth-order valence-electron chi connectivity index (χ4n) is 2.26. The molecule has 1 aromatic heterocycles. The summed E-state index contributed by atoms with van der Waals surface area (Å²) in [5.41, 5.74) is 2.25. The molecule has 0 spiro atoms. The molecule has 2 amide bonds. The smallest absolute Gasteiger partial charge is 0.322 e. The van der Waals surface area contributed by atoms with Crippen LogP contribution in [0, 0.1) is 6.92 Å². The van der Waals surface area contributed by atoms with Crippen molar-refractivity contribution in [2.24, 2.45) is 0 Å². The topological polar surface area (TPSA) is 58.4 Å². The lowest BCUT2D eigenvalue weighted by molar-refractivity contribution is 0.217. The second-order valence-electron chi connectivity index (χ2n) is 4.87. The molecular weight excluding hydrogens is 286 g/mol. The second-order valence-corrected chi connectivity index (χ2v) is 6.09. The molecule has 0 aliphatic carbocycles. The molecule has 1 aliphatic heterocycles. The van der Waals surface area contributed by atoms with Crippen molar-refractivity contribution in [3.8, 4) is 11.3 Å². The lowest BCUT2D eigenvalue weighted by Gasteiger charge is -2.26. The Morgan fingerprint density at radius 1 is 1.29 bits per heavy atom. The monoisotopic (exact) mass is 303 g/mol. The third kappa shape index (κ3) is 3.05. The van der Waals surface area contributed by atoms with E-state index in [2.05, 4.69) is 10.5 Å². The molecule has 5 nitrogen and oxygen atoms in total. The van der Waals surface area contributed by atoms with Crippen LogP contribution in [0.25, 0.3) is 11.3 Å². The molecule has 1 aliphatic rings. The SMILES string of the molecule is Cc1noc(-c2ccccc2)c1NC(=O)N1CCSCC1. The van der Waals surface area contributed by atoms with Gasteiger partial charge in [0.1, 0.15) is 11.4 Å². The van der Waals surface area contributed by atoms with Crippen LogP contribution in [-0.4, -0.2) is 40.7 Å². The molecule has 1 fully saturated rings. The number of aromatic nitrogens is 1. The lowest BCUT2D eigenvalue weighted by Crippen LogP contribution is -2.40. The van der Waals surface area contributed by atoms with Crippen LogP contribution in [0.5, 0.6) is 0 Å². The van der Waals surface area contributed by atoms with E-state index in [1.54, 1.807) is 0 Å². The van der Waals surface area contributed by atoms with Crippen LogP contribution in [0.3, 0.4) is 0 Å². The zero-order valence-electron chi connectivity index (χ0n) is 11.8. The number of nitrogens with zero attached hydrogens (tertiary/aromatic N) is 2. The van der Waals surface area contributed by atoms with Gasteiger partial charge in [-0.1, -0.05) is 35.5 Å². The predicted octanol–water partition coefficient (Wildman–Crippen LogP) is 3.23. The molecule has 0 atom stereocenters. The first-order valence-electron chi connectivity index (χ1n) is 6.91. The average Bonchev–Trinajstić information content (AvgIpc) is 2.90. The van der Waals surface area contributed by atoms with Gasteiger partial charge in [-0.3, -0.25) is 0 Å². The number of hydrogen-bond donors (Lipinski definition) is 1. The third-order valence-corrected chi connectivity index (χ3v) is 4.37. The first kappa shape index (κ1) is 14.0. The molecule has 21 heavy (non-hydrogen) atoms. The molecular formula is C15H17N3O2S. The first-order valence-corrected chi connectivity index (χ1v) is 8.06. The van der Waals surface area contributed by atoms with Crippen LogP contribution in [0.15, 0.2) is 34.9 Å². The Balaban J connectivity index is 1.82. The average molecular weight is 303 g/mol. The number of hydrogen-bond acceptors (Lipinski definition) is 4. The summed E-state index contributed by atoms with van der Waals surface area (Å²) in [4.78, 5) is 14.2. The predicted molar refractivity (Wildman–Crippen MR) is 84.6 cm³/mol. The van der Waals surface area contributed by atoms with Crippen LogP contribution in [0.1, 0.15) is 5.69 Å². The van der Waals surface area contributed by atoms with Crippen LogP contribution in [0.4, 0.5) is 10.5 Å². The van der Waals surface area contributed by atoms with Gasteiger partial charge in [-0.2, -0.15) is 11.8 Å². The van der Waals surface area contributed by atoms with Gasteiger partial charge in [-0.15, -0.1) is 0 Å². The number of benzene rings is 1. The Morgan fingerprint density at radius 2 is 2.00 bits per heavy atom. The normalized spacial score (nSPS) is 15.0. The fraction of sp³-hybridized carbons (Fsp3) is 0.333. The molecule has 3 rings (SSSR count). The zero-order chi connectivity index (χ0) is 14.7. The minimum atomic E-state index is -0.0845. The lowest BCUT2D eigenvalue weighted by atomic mass is 10.1. The Hall–Kier alpha value is -1.95. The molecule has 6 heteroatoms. The van der Waals surface area contributed by atoms with Crippen LogP contribution in [0.2, 0.25) is 0 Å². The molecule has 0 unspecified atom stereocenters. The van der Waals surface area contributed by atoms with Crippen molar-refractivity contribution >= 4 is 23.5 Å². The van der Waals surface area contributed by atoms with Crippen molar-refractivity contribution < 1.29 is 9.32 Å². The van der Waals surface area contributed by atoms with Gasteiger partial charge in [0.15, 0.2) is 5.76 Å². The van der Waals surface area contributed by atoms with Crippen molar-refractivity contribution in [1.82, 2.24) is 10.1 Å². The summed E-state index contributed by atoms with van der Waals surface area (Å²) in [6, 6.07) is 9.59. The summed E-state index contributed by atoms with van der Waals surface area (Å²) in [6.45, 7) is 3.39. The molecule has 0 bridgehead atoms. The minimum Gasteiger partial charge on any atom is -0.354 e. The quantitative estimate of drug-likeness (QED) is 0.925. The van der Waals surface area contributed by atoms with Gasteiger partial charge >= 0.3 is 6.03 Å². The Bertz CT molecular complexity index is 621. The number of carbonyl (C=O) groups is 1. The van der Waals surface area contributed by atoms with E-state index in [1.165, 1.54) is 0 Å². The van der Waals surface area contributed by atoms with Crippen LogP contribution >= 0.6 is 11.8 Å². The Labute approximate surface area is 127 Å². The first-order chi connectivity index (χ1) is 10.3. The molecule has 2 aromatic rings. The number of thioether (sulfide) groups is 1. The number of rotatable bonds is 2. The summed E-state index contributed by atoms with van der Waals surface area (Å²) in [6.07, 6.45) is 0. The van der Waals surface area contributed by atoms with E-state index in [9.17, 15) is 4.79 Å². The highest BCUT2D eigenvalue weighted by Crippen LogP contribution is 2.31. The standard InChI is InChI=1S/C15H17N3O2S/c1-11-13(16-15(19)18-7-9-21-10-8-18)14(20-17-11)12-5-3-2-4-6-12/h2-6H,7-10H2,1H3,(H,16,19). The largest absolute Gasteiger partial charge is 0.354 e. The molecule has 1 saturated heterocycles. The van der Waals surface area contributed by atoms with Crippen LogP contribution < -0.4 is 5.32 Å². The summed E-state index contributed by atoms with van der Waals surface area (Å²) in [5, 5.41) is 6.93. The highest BCUT2D eigenvalue weighted by molar-refractivity contribution is 7.99. The van der Waals surface area contributed by atoms with E-state index < -0.39 is 0 Å². The van der Waals surface area contributed by atoms with E-state index in [-0.39, 0.29) is 6.03 Å². The number of carbonyl (C=O) groups excluding carboxylic acids is 1. The summed E-state index contributed by atoms with van der Waals surface area (Å²) >= 11 is 1.87.